The van der Waals surface area contributed by atoms with E-state index in [1.165, 1.54) is 0 Å². The Kier molecular flexibility index (Phi) is 4.38. The second kappa shape index (κ2) is 6.28. The van der Waals surface area contributed by atoms with Gasteiger partial charge in [-0.1, -0.05) is 12.1 Å². The molecule has 0 aliphatic carbocycles. The molecule has 1 aromatic carbocycles. The second-order valence-corrected chi connectivity index (χ2v) is 5.89. The van der Waals surface area contributed by atoms with Crippen LogP contribution in [0, 0.1) is 0 Å². The first-order valence-electron chi connectivity index (χ1n) is 7.80. The number of hydrogen-bond donors (Lipinski definition) is 2. The molecule has 1 fully saturated rings. The molecule has 3 rings (SSSR count). The third-order valence-electron chi connectivity index (χ3n) is 4.07. The molecule has 2 atom stereocenters. The molecule has 1 aliphatic heterocycles. The van der Waals surface area contributed by atoms with Gasteiger partial charge in [-0.05, 0) is 26.0 Å². The SMILES string of the molecule is CCOc1cccc2cc([C@H](C)NC[C@@]3(O)CCOC3)oc12. The molecule has 1 aromatic heterocycles. The molecule has 0 radical (unpaired) electrons. The summed E-state index contributed by atoms with van der Waals surface area (Å²) in [7, 11) is 0. The fourth-order valence-corrected chi connectivity index (χ4v) is 2.72. The molecule has 0 amide bonds. The minimum Gasteiger partial charge on any atom is -0.490 e. The number of fused-ring (bicyclic) bond motifs is 1. The van der Waals surface area contributed by atoms with E-state index in [0.29, 0.717) is 32.8 Å². The van der Waals surface area contributed by atoms with Crippen LogP contribution in [0.2, 0.25) is 0 Å². The summed E-state index contributed by atoms with van der Waals surface area (Å²) in [6.45, 7) is 6.09. The molecule has 5 heteroatoms. The minimum atomic E-state index is -0.767. The zero-order chi connectivity index (χ0) is 15.6. The van der Waals surface area contributed by atoms with Gasteiger partial charge >= 0.3 is 0 Å². The van der Waals surface area contributed by atoms with Gasteiger partial charge in [0, 0.05) is 25.0 Å². The van der Waals surface area contributed by atoms with Crippen LogP contribution >= 0.6 is 0 Å². The predicted molar refractivity (Wildman–Crippen MR) is 84.2 cm³/mol. The Balaban J connectivity index is 1.73. The van der Waals surface area contributed by atoms with Gasteiger partial charge in [-0.15, -0.1) is 0 Å². The highest BCUT2D eigenvalue weighted by atomic mass is 16.5. The predicted octanol–water partition coefficient (Wildman–Crippen LogP) is 2.63. The van der Waals surface area contributed by atoms with Crippen molar-refractivity contribution in [1.82, 2.24) is 5.32 Å². The van der Waals surface area contributed by atoms with Crippen LogP contribution in [-0.2, 0) is 4.74 Å². The average molecular weight is 305 g/mol. The van der Waals surface area contributed by atoms with E-state index in [1.54, 1.807) is 0 Å². The molecular formula is C17H23NO4. The summed E-state index contributed by atoms with van der Waals surface area (Å²) in [4.78, 5) is 0. The molecule has 1 aliphatic rings. The maximum absolute atomic E-state index is 10.3. The lowest BCUT2D eigenvalue weighted by atomic mass is 10.0. The lowest BCUT2D eigenvalue weighted by molar-refractivity contribution is 0.0247. The Hall–Kier alpha value is -1.56. The lowest BCUT2D eigenvalue weighted by Gasteiger charge is -2.23. The molecule has 0 bridgehead atoms. The Bertz CT molecular complexity index is 631. The van der Waals surface area contributed by atoms with Gasteiger partial charge < -0.3 is 24.3 Å². The van der Waals surface area contributed by atoms with Gasteiger partial charge in [0.05, 0.1) is 19.3 Å². The Morgan fingerprint density at radius 1 is 1.45 bits per heavy atom. The van der Waals surface area contributed by atoms with Crippen LogP contribution in [0.4, 0.5) is 0 Å². The van der Waals surface area contributed by atoms with Crippen molar-refractivity contribution in [2.24, 2.45) is 0 Å². The molecule has 0 unspecified atom stereocenters. The van der Waals surface area contributed by atoms with Gasteiger partial charge in [-0.25, -0.2) is 0 Å². The van der Waals surface area contributed by atoms with Crippen LogP contribution in [-0.4, -0.2) is 37.1 Å². The van der Waals surface area contributed by atoms with Gasteiger partial charge in [0.2, 0.25) is 0 Å². The molecule has 2 N–H and O–H groups in total. The Morgan fingerprint density at radius 2 is 2.32 bits per heavy atom. The molecular weight excluding hydrogens is 282 g/mol. The van der Waals surface area contributed by atoms with Gasteiger partial charge in [0.1, 0.15) is 11.4 Å². The van der Waals surface area contributed by atoms with Gasteiger partial charge in [0.15, 0.2) is 11.3 Å². The van der Waals surface area contributed by atoms with E-state index in [4.69, 9.17) is 13.9 Å². The monoisotopic (exact) mass is 305 g/mol. The number of hydrogen-bond acceptors (Lipinski definition) is 5. The second-order valence-electron chi connectivity index (χ2n) is 5.89. The van der Waals surface area contributed by atoms with E-state index in [1.807, 2.05) is 38.1 Å². The van der Waals surface area contributed by atoms with Crippen molar-refractivity contribution < 1.29 is 19.0 Å². The van der Waals surface area contributed by atoms with Crippen molar-refractivity contribution >= 4 is 11.0 Å². The summed E-state index contributed by atoms with van der Waals surface area (Å²) in [5.74, 6) is 1.60. The number of ether oxygens (including phenoxy) is 2. The van der Waals surface area contributed by atoms with Crippen LogP contribution < -0.4 is 10.1 Å². The van der Waals surface area contributed by atoms with Crippen LogP contribution in [0.15, 0.2) is 28.7 Å². The van der Waals surface area contributed by atoms with E-state index in [-0.39, 0.29) is 6.04 Å². The minimum absolute atomic E-state index is 0.00602. The smallest absolute Gasteiger partial charge is 0.176 e. The van der Waals surface area contributed by atoms with Crippen molar-refractivity contribution in [3.8, 4) is 5.75 Å². The van der Waals surface area contributed by atoms with Crippen molar-refractivity contribution in [2.45, 2.75) is 31.9 Å². The van der Waals surface area contributed by atoms with Crippen LogP contribution in [0.5, 0.6) is 5.75 Å². The fourth-order valence-electron chi connectivity index (χ4n) is 2.72. The largest absolute Gasteiger partial charge is 0.490 e. The molecule has 120 valence electrons. The standard InChI is InChI=1S/C17H23NO4/c1-3-21-14-6-4-5-13-9-15(22-16(13)14)12(2)18-10-17(19)7-8-20-11-17/h4-6,9,12,18-19H,3,7-8,10-11H2,1-2H3/t12-,17-/m0/s1. The molecule has 22 heavy (non-hydrogen) atoms. The normalized spacial score (nSPS) is 23.0. The number of rotatable bonds is 6. The first-order valence-corrected chi connectivity index (χ1v) is 7.80. The molecule has 0 spiro atoms. The van der Waals surface area contributed by atoms with E-state index in [0.717, 1.165) is 22.5 Å². The van der Waals surface area contributed by atoms with E-state index >= 15 is 0 Å². The molecule has 5 nitrogen and oxygen atoms in total. The number of furan rings is 1. The third-order valence-corrected chi connectivity index (χ3v) is 4.07. The first-order chi connectivity index (χ1) is 10.6. The zero-order valence-corrected chi connectivity index (χ0v) is 13.1. The Morgan fingerprint density at radius 3 is 3.05 bits per heavy atom. The van der Waals surface area contributed by atoms with Gasteiger partial charge in [-0.2, -0.15) is 0 Å². The lowest BCUT2D eigenvalue weighted by Crippen LogP contribution is -2.41. The van der Waals surface area contributed by atoms with Crippen molar-refractivity contribution in [3.05, 3.63) is 30.0 Å². The maximum atomic E-state index is 10.3. The summed E-state index contributed by atoms with van der Waals surface area (Å²) in [5, 5.41) is 14.7. The molecule has 2 heterocycles. The topological polar surface area (TPSA) is 63.9 Å². The third kappa shape index (κ3) is 3.11. The van der Waals surface area contributed by atoms with Crippen LogP contribution in [0.1, 0.15) is 32.1 Å². The van der Waals surface area contributed by atoms with Crippen molar-refractivity contribution in [3.63, 3.8) is 0 Å². The highest BCUT2D eigenvalue weighted by molar-refractivity contribution is 5.83. The molecule has 2 aromatic rings. The summed E-state index contributed by atoms with van der Waals surface area (Å²) in [6.07, 6.45) is 0.668. The van der Waals surface area contributed by atoms with Gasteiger partial charge in [-0.3, -0.25) is 0 Å². The number of nitrogens with one attached hydrogen (secondary N) is 1. The summed E-state index contributed by atoms with van der Waals surface area (Å²) in [6, 6.07) is 7.91. The number of para-hydroxylation sites is 1. The quantitative estimate of drug-likeness (QED) is 0.859. The van der Waals surface area contributed by atoms with Crippen molar-refractivity contribution in [1.29, 1.82) is 0 Å². The maximum Gasteiger partial charge on any atom is 0.176 e. The van der Waals surface area contributed by atoms with E-state index in [2.05, 4.69) is 5.32 Å². The van der Waals surface area contributed by atoms with Crippen LogP contribution in [0.3, 0.4) is 0 Å². The fraction of sp³-hybridized carbons (Fsp3) is 0.529. The van der Waals surface area contributed by atoms with Gasteiger partial charge in [0.25, 0.3) is 0 Å². The average Bonchev–Trinajstić information content (AvgIpc) is 3.13. The molecule has 1 saturated heterocycles. The summed E-state index contributed by atoms with van der Waals surface area (Å²) >= 11 is 0. The zero-order valence-electron chi connectivity index (χ0n) is 13.1. The Labute approximate surface area is 130 Å². The first kappa shape index (κ1) is 15.3. The summed E-state index contributed by atoms with van der Waals surface area (Å²) in [5.41, 5.74) is 0.00689. The summed E-state index contributed by atoms with van der Waals surface area (Å²) < 4.78 is 16.8. The van der Waals surface area contributed by atoms with E-state index in [9.17, 15) is 5.11 Å². The highest BCUT2D eigenvalue weighted by Gasteiger charge is 2.32. The number of benzene rings is 1. The number of aliphatic hydroxyl groups is 1. The highest BCUT2D eigenvalue weighted by Crippen LogP contribution is 2.31. The van der Waals surface area contributed by atoms with Crippen molar-refractivity contribution in [2.75, 3.05) is 26.4 Å². The molecule has 0 saturated carbocycles. The van der Waals surface area contributed by atoms with E-state index < -0.39 is 5.60 Å². The van der Waals surface area contributed by atoms with Crippen LogP contribution in [0.25, 0.3) is 11.0 Å².